The summed E-state index contributed by atoms with van der Waals surface area (Å²) in [6, 6.07) is 10.7. The number of amides is 2. The van der Waals surface area contributed by atoms with Gasteiger partial charge in [-0.2, -0.15) is 0 Å². The molecule has 0 aromatic heterocycles. The molecule has 0 aliphatic heterocycles. The predicted octanol–water partition coefficient (Wildman–Crippen LogP) is 4.47. The average Bonchev–Trinajstić information content (AvgIpc) is 2.75. The third-order valence-corrected chi connectivity index (χ3v) is 7.41. The summed E-state index contributed by atoms with van der Waals surface area (Å²) in [7, 11) is -3.82. The number of rotatable bonds is 10. The number of nitrogens with zero attached hydrogens (tertiary/aromatic N) is 2. The highest BCUT2D eigenvalue weighted by atomic mass is 79.9. The van der Waals surface area contributed by atoms with Gasteiger partial charge in [-0.05, 0) is 53.5 Å². The van der Waals surface area contributed by atoms with Crippen LogP contribution in [0.15, 0.2) is 46.9 Å². The Hall–Kier alpha value is -1.81. The van der Waals surface area contributed by atoms with Gasteiger partial charge in [0, 0.05) is 33.2 Å². The fourth-order valence-corrected chi connectivity index (χ4v) is 5.08. The Balaban J connectivity index is 2.45. The number of halogens is 3. The summed E-state index contributed by atoms with van der Waals surface area (Å²) in [5.74, 6) is -0.938. The van der Waals surface area contributed by atoms with Gasteiger partial charge in [0.25, 0.3) is 0 Å². The van der Waals surface area contributed by atoms with Crippen LogP contribution in [0.2, 0.25) is 10.0 Å². The van der Waals surface area contributed by atoms with Crippen molar-refractivity contribution in [1.29, 1.82) is 0 Å². The monoisotopic (exact) mass is 577 g/mol. The highest BCUT2D eigenvalue weighted by Crippen LogP contribution is 2.29. The van der Waals surface area contributed by atoms with Crippen molar-refractivity contribution in [3.63, 3.8) is 0 Å². The molecule has 0 saturated carbocycles. The van der Waals surface area contributed by atoms with Crippen molar-refractivity contribution >= 4 is 66.7 Å². The Morgan fingerprint density at radius 1 is 1.09 bits per heavy atom. The second-order valence-electron chi connectivity index (χ2n) is 7.41. The molecular weight excluding hydrogens is 553 g/mol. The Bertz CT molecular complexity index is 1090. The van der Waals surface area contributed by atoms with E-state index in [1.807, 2.05) is 6.92 Å². The molecule has 0 spiro atoms. The summed E-state index contributed by atoms with van der Waals surface area (Å²) < 4.78 is 26.6. The Morgan fingerprint density at radius 2 is 1.70 bits per heavy atom. The van der Waals surface area contributed by atoms with Crippen molar-refractivity contribution in [2.75, 3.05) is 23.7 Å². The zero-order valence-electron chi connectivity index (χ0n) is 18.5. The third-order valence-electron chi connectivity index (χ3n) is 4.91. The molecule has 0 unspecified atom stereocenters. The topological polar surface area (TPSA) is 86.8 Å². The lowest BCUT2D eigenvalue weighted by Gasteiger charge is -2.32. The van der Waals surface area contributed by atoms with E-state index in [0.717, 1.165) is 17.0 Å². The van der Waals surface area contributed by atoms with Gasteiger partial charge in [-0.1, -0.05) is 48.3 Å². The highest BCUT2D eigenvalue weighted by Gasteiger charge is 2.31. The molecule has 0 heterocycles. The molecular formula is C22H26BrCl2N3O4S. The van der Waals surface area contributed by atoms with Crippen LogP contribution in [0, 0.1) is 0 Å². The van der Waals surface area contributed by atoms with Crippen molar-refractivity contribution < 1.29 is 18.0 Å². The molecule has 1 N–H and O–H groups in total. The average molecular weight is 579 g/mol. The number of carbonyl (C=O) groups is 2. The number of nitrogens with one attached hydrogen (secondary N) is 1. The van der Waals surface area contributed by atoms with Crippen LogP contribution in [0.4, 0.5) is 5.69 Å². The third kappa shape index (κ3) is 7.34. The molecule has 0 bridgehead atoms. The molecule has 0 fully saturated rings. The summed E-state index contributed by atoms with van der Waals surface area (Å²) in [4.78, 5) is 27.5. The number of hydrogen-bond donors (Lipinski definition) is 1. The van der Waals surface area contributed by atoms with E-state index in [9.17, 15) is 18.0 Å². The molecule has 7 nitrogen and oxygen atoms in total. The first-order valence-electron chi connectivity index (χ1n) is 10.2. The van der Waals surface area contributed by atoms with Gasteiger partial charge in [-0.3, -0.25) is 13.9 Å². The Labute approximate surface area is 213 Å². The molecule has 0 aliphatic rings. The first kappa shape index (κ1) is 27.4. The zero-order chi connectivity index (χ0) is 24.8. The number of benzene rings is 2. The molecule has 0 radical (unpaired) electrons. The second-order valence-corrected chi connectivity index (χ2v) is 11.0. The molecule has 1 atom stereocenters. The normalized spacial score (nSPS) is 12.2. The molecule has 0 saturated heterocycles. The molecule has 2 aromatic rings. The number of sulfonamides is 1. The van der Waals surface area contributed by atoms with Crippen LogP contribution in [0.25, 0.3) is 0 Å². The van der Waals surface area contributed by atoms with Crippen LogP contribution in [0.3, 0.4) is 0 Å². The summed E-state index contributed by atoms with van der Waals surface area (Å²) >= 11 is 16.0. The quantitative estimate of drug-likeness (QED) is 0.451. The summed E-state index contributed by atoms with van der Waals surface area (Å²) in [5.41, 5.74) is 0.781. The number of para-hydroxylation sites is 1. The summed E-state index contributed by atoms with van der Waals surface area (Å²) in [6.07, 6.45) is 1.75. The molecule has 180 valence electrons. The van der Waals surface area contributed by atoms with Crippen LogP contribution in [0.5, 0.6) is 0 Å². The van der Waals surface area contributed by atoms with E-state index in [1.165, 1.54) is 4.90 Å². The first-order valence-corrected chi connectivity index (χ1v) is 13.6. The van der Waals surface area contributed by atoms with Crippen molar-refractivity contribution in [3.8, 4) is 0 Å². The number of carbonyl (C=O) groups excluding carboxylic acids is 2. The largest absolute Gasteiger partial charge is 0.354 e. The fourth-order valence-electron chi connectivity index (χ4n) is 3.08. The minimum absolute atomic E-state index is 0.0639. The SMILES string of the molecule is CCCNC(=O)[C@H](C)N(Cc1c(Cl)cccc1Cl)C(=O)CN(c1ccccc1Br)S(C)(=O)=O. The lowest BCUT2D eigenvalue weighted by atomic mass is 10.1. The Kier molecular flexibility index (Phi) is 10.0. The summed E-state index contributed by atoms with van der Waals surface area (Å²) in [5, 5.41) is 3.45. The molecule has 2 amide bonds. The van der Waals surface area contributed by atoms with E-state index in [-0.39, 0.29) is 12.5 Å². The van der Waals surface area contributed by atoms with Crippen molar-refractivity contribution in [3.05, 3.63) is 62.5 Å². The molecule has 11 heteroatoms. The van der Waals surface area contributed by atoms with Gasteiger partial charge in [-0.25, -0.2) is 8.42 Å². The zero-order valence-corrected chi connectivity index (χ0v) is 22.4. The van der Waals surface area contributed by atoms with Crippen molar-refractivity contribution in [2.24, 2.45) is 0 Å². The van der Waals surface area contributed by atoms with Gasteiger partial charge >= 0.3 is 0 Å². The molecule has 33 heavy (non-hydrogen) atoms. The lowest BCUT2D eigenvalue weighted by molar-refractivity contribution is -0.139. The lowest BCUT2D eigenvalue weighted by Crippen LogP contribution is -2.51. The van der Waals surface area contributed by atoms with Gasteiger partial charge in [0.15, 0.2) is 0 Å². The van der Waals surface area contributed by atoms with Crippen LogP contribution in [-0.4, -0.2) is 50.5 Å². The Morgan fingerprint density at radius 3 is 2.24 bits per heavy atom. The van der Waals surface area contributed by atoms with E-state index in [4.69, 9.17) is 23.2 Å². The van der Waals surface area contributed by atoms with Gasteiger partial charge in [0.1, 0.15) is 12.6 Å². The number of anilines is 1. The van der Waals surface area contributed by atoms with Gasteiger partial charge < -0.3 is 10.2 Å². The summed E-state index contributed by atoms with van der Waals surface area (Å²) in [6.45, 7) is 3.38. The fraction of sp³-hybridized carbons (Fsp3) is 0.364. The standard InChI is InChI=1S/C22H26BrCl2N3O4S/c1-4-12-26-22(30)15(2)27(13-16-18(24)9-7-10-19(16)25)21(29)14-28(33(3,31)32)20-11-6-5-8-17(20)23/h5-11,15H,4,12-14H2,1-3H3,(H,26,30)/t15-/m0/s1. The smallest absolute Gasteiger partial charge is 0.244 e. The van der Waals surface area contributed by atoms with Crippen LogP contribution in [0.1, 0.15) is 25.8 Å². The number of hydrogen-bond acceptors (Lipinski definition) is 4. The van der Waals surface area contributed by atoms with Crippen LogP contribution in [-0.2, 0) is 26.2 Å². The second kappa shape index (κ2) is 12.1. The van der Waals surface area contributed by atoms with E-state index < -0.39 is 28.5 Å². The predicted molar refractivity (Wildman–Crippen MR) is 136 cm³/mol. The minimum atomic E-state index is -3.82. The van der Waals surface area contributed by atoms with E-state index in [0.29, 0.717) is 32.3 Å². The van der Waals surface area contributed by atoms with Gasteiger partial charge in [0.2, 0.25) is 21.8 Å². The van der Waals surface area contributed by atoms with Crippen molar-refractivity contribution in [2.45, 2.75) is 32.9 Å². The minimum Gasteiger partial charge on any atom is -0.354 e. The maximum atomic E-state index is 13.5. The van der Waals surface area contributed by atoms with Crippen molar-refractivity contribution in [1.82, 2.24) is 10.2 Å². The molecule has 0 aliphatic carbocycles. The van der Waals surface area contributed by atoms with E-state index in [2.05, 4.69) is 21.2 Å². The molecule has 2 rings (SSSR count). The van der Waals surface area contributed by atoms with Gasteiger partial charge in [-0.15, -0.1) is 0 Å². The maximum absolute atomic E-state index is 13.5. The van der Waals surface area contributed by atoms with Gasteiger partial charge in [0.05, 0.1) is 11.9 Å². The first-order chi connectivity index (χ1) is 15.5. The van der Waals surface area contributed by atoms with E-state index in [1.54, 1.807) is 49.4 Å². The van der Waals surface area contributed by atoms with E-state index >= 15 is 0 Å². The van der Waals surface area contributed by atoms with Crippen LogP contribution >= 0.6 is 39.1 Å². The van der Waals surface area contributed by atoms with Crippen LogP contribution < -0.4 is 9.62 Å². The maximum Gasteiger partial charge on any atom is 0.244 e. The highest BCUT2D eigenvalue weighted by molar-refractivity contribution is 9.10. The molecule has 2 aromatic carbocycles.